The van der Waals surface area contributed by atoms with Gasteiger partial charge < -0.3 is 0 Å². The van der Waals surface area contributed by atoms with Gasteiger partial charge in [0, 0.05) is 16.0 Å². The molecule has 0 atom stereocenters. The minimum atomic E-state index is -0.194. The number of hydrogen-bond donors (Lipinski definition) is 0. The third kappa shape index (κ3) is 3.38. The van der Waals surface area contributed by atoms with Crippen molar-refractivity contribution in [2.75, 3.05) is 0 Å². The molecular formula is C24H26FN3S. The summed E-state index contributed by atoms with van der Waals surface area (Å²) in [7, 11) is 0. The Morgan fingerprint density at radius 1 is 1.07 bits per heavy atom. The molecule has 0 saturated carbocycles. The molecule has 3 nitrogen and oxygen atoms in total. The van der Waals surface area contributed by atoms with Crippen molar-refractivity contribution in [2.45, 2.75) is 53.4 Å². The number of nitrogens with zero attached hydrogens (tertiary/aromatic N) is 3. The molecule has 0 aliphatic rings. The van der Waals surface area contributed by atoms with Crippen LogP contribution in [-0.4, -0.2) is 14.6 Å². The predicted octanol–water partition coefficient (Wildman–Crippen LogP) is 7.09. The lowest BCUT2D eigenvalue weighted by molar-refractivity contribution is 0.631. The van der Waals surface area contributed by atoms with Gasteiger partial charge in [-0.25, -0.2) is 13.9 Å². The van der Waals surface area contributed by atoms with E-state index in [-0.39, 0.29) is 5.82 Å². The topological polar surface area (TPSA) is 30.2 Å². The molecule has 3 heterocycles. The van der Waals surface area contributed by atoms with E-state index in [0.717, 1.165) is 50.9 Å². The predicted molar refractivity (Wildman–Crippen MR) is 119 cm³/mol. The largest absolute Gasteiger partial charge is 0.231 e. The van der Waals surface area contributed by atoms with E-state index in [0.29, 0.717) is 11.5 Å². The van der Waals surface area contributed by atoms with E-state index >= 15 is 0 Å². The normalized spacial score (nSPS) is 11.7. The first kappa shape index (κ1) is 19.8. The molecule has 0 saturated heterocycles. The minimum absolute atomic E-state index is 0.194. The highest BCUT2D eigenvalue weighted by Crippen LogP contribution is 2.40. The van der Waals surface area contributed by atoms with E-state index in [1.165, 1.54) is 11.6 Å². The zero-order valence-corrected chi connectivity index (χ0v) is 18.4. The molecular weight excluding hydrogens is 381 g/mol. The van der Waals surface area contributed by atoms with Crippen LogP contribution in [0.15, 0.2) is 36.4 Å². The summed E-state index contributed by atoms with van der Waals surface area (Å²) >= 11 is 1.60. The van der Waals surface area contributed by atoms with E-state index in [2.05, 4.69) is 32.9 Å². The highest BCUT2D eigenvalue weighted by atomic mass is 32.1. The molecule has 0 aliphatic heterocycles. The maximum atomic E-state index is 14.3. The third-order valence-corrected chi connectivity index (χ3v) is 6.88. The van der Waals surface area contributed by atoms with Crippen molar-refractivity contribution in [3.8, 4) is 21.0 Å². The number of hydrogen-bond acceptors (Lipinski definition) is 3. The van der Waals surface area contributed by atoms with E-state index in [1.54, 1.807) is 17.4 Å². The molecule has 0 aliphatic carbocycles. The molecule has 0 amide bonds. The molecule has 0 fully saturated rings. The number of rotatable bonds is 5. The summed E-state index contributed by atoms with van der Waals surface area (Å²) in [4.78, 5) is 6.95. The average Bonchev–Trinajstić information content (AvgIpc) is 3.22. The van der Waals surface area contributed by atoms with E-state index < -0.39 is 0 Å². The fraction of sp³-hybridized carbons (Fsp3) is 0.333. The Labute approximate surface area is 175 Å². The van der Waals surface area contributed by atoms with Crippen LogP contribution >= 0.6 is 11.3 Å². The van der Waals surface area contributed by atoms with Crippen LogP contribution in [0.25, 0.3) is 26.7 Å². The molecule has 0 radical (unpaired) electrons. The monoisotopic (exact) mass is 407 g/mol. The smallest absolute Gasteiger partial charge is 0.158 e. The second kappa shape index (κ2) is 7.71. The average molecular weight is 408 g/mol. The Morgan fingerprint density at radius 3 is 2.48 bits per heavy atom. The minimum Gasteiger partial charge on any atom is -0.231 e. The van der Waals surface area contributed by atoms with Crippen LogP contribution in [-0.2, 0) is 0 Å². The van der Waals surface area contributed by atoms with Crippen LogP contribution in [0.1, 0.15) is 55.1 Å². The summed E-state index contributed by atoms with van der Waals surface area (Å²) in [5.74, 6) is 0.271. The van der Waals surface area contributed by atoms with Gasteiger partial charge in [-0.1, -0.05) is 32.0 Å². The van der Waals surface area contributed by atoms with Crippen molar-refractivity contribution in [3.05, 3.63) is 64.7 Å². The van der Waals surface area contributed by atoms with Gasteiger partial charge in [0.05, 0.1) is 16.3 Å². The van der Waals surface area contributed by atoms with Crippen molar-refractivity contribution in [1.82, 2.24) is 14.6 Å². The van der Waals surface area contributed by atoms with Gasteiger partial charge in [0.2, 0.25) is 0 Å². The molecule has 4 aromatic rings. The molecule has 4 rings (SSSR count). The van der Waals surface area contributed by atoms with Gasteiger partial charge in [0.25, 0.3) is 0 Å². The Morgan fingerprint density at radius 2 is 1.79 bits per heavy atom. The Kier molecular flexibility index (Phi) is 5.26. The molecule has 0 N–H and O–H groups in total. The summed E-state index contributed by atoms with van der Waals surface area (Å²) in [5.41, 5.74) is 6.92. The first-order valence-corrected chi connectivity index (χ1v) is 11.0. The molecule has 0 bridgehead atoms. The Hall–Kier alpha value is -2.53. The van der Waals surface area contributed by atoms with E-state index in [9.17, 15) is 4.39 Å². The quantitative estimate of drug-likeness (QED) is 0.353. The van der Waals surface area contributed by atoms with Crippen molar-refractivity contribution in [3.63, 3.8) is 0 Å². The van der Waals surface area contributed by atoms with Crippen LogP contribution < -0.4 is 0 Å². The number of benzene rings is 1. The van der Waals surface area contributed by atoms with Gasteiger partial charge in [-0.15, -0.1) is 11.3 Å². The molecule has 29 heavy (non-hydrogen) atoms. The van der Waals surface area contributed by atoms with Crippen molar-refractivity contribution < 1.29 is 4.39 Å². The number of halogens is 1. The standard InChI is InChI=1S/C24H26FN3S/c1-6-17(7-2)19-13-15(4)27-28-22(16(5)26-24(19)28)23-14(3)12-21(29-23)18-10-8-9-11-20(18)25/h8-13,17H,6-7H2,1-5H3. The molecule has 1 aromatic carbocycles. The maximum Gasteiger partial charge on any atom is 0.158 e. The molecule has 0 spiro atoms. The van der Waals surface area contributed by atoms with Gasteiger partial charge >= 0.3 is 0 Å². The molecule has 3 aromatic heterocycles. The molecule has 150 valence electrons. The van der Waals surface area contributed by atoms with Crippen LogP contribution in [0, 0.1) is 26.6 Å². The van der Waals surface area contributed by atoms with E-state index in [1.807, 2.05) is 30.5 Å². The van der Waals surface area contributed by atoms with Gasteiger partial charge in [-0.05, 0) is 63.3 Å². The number of thiophene rings is 1. The zero-order valence-electron chi connectivity index (χ0n) is 17.6. The summed E-state index contributed by atoms with van der Waals surface area (Å²) in [5, 5.41) is 4.81. The third-order valence-electron chi connectivity index (χ3n) is 5.61. The van der Waals surface area contributed by atoms with Gasteiger partial charge in [0.1, 0.15) is 11.5 Å². The van der Waals surface area contributed by atoms with Gasteiger partial charge in [-0.3, -0.25) is 0 Å². The highest BCUT2D eigenvalue weighted by molar-refractivity contribution is 7.19. The summed E-state index contributed by atoms with van der Waals surface area (Å²) in [6.45, 7) is 10.6. The lowest BCUT2D eigenvalue weighted by atomic mass is 9.95. The van der Waals surface area contributed by atoms with Crippen LogP contribution in [0.5, 0.6) is 0 Å². The number of aromatic nitrogens is 3. The number of aryl methyl sites for hydroxylation is 3. The van der Waals surface area contributed by atoms with Crippen molar-refractivity contribution >= 4 is 17.0 Å². The van der Waals surface area contributed by atoms with Gasteiger partial charge in [-0.2, -0.15) is 5.10 Å². The summed E-state index contributed by atoms with van der Waals surface area (Å²) < 4.78 is 16.3. The van der Waals surface area contributed by atoms with Crippen LogP contribution in [0.3, 0.4) is 0 Å². The summed E-state index contributed by atoms with van der Waals surface area (Å²) in [6, 6.07) is 11.2. The maximum absolute atomic E-state index is 14.3. The second-order valence-electron chi connectivity index (χ2n) is 7.64. The SMILES string of the molecule is CCC(CC)c1cc(C)nn2c(-c3sc(-c4ccccc4F)cc3C)c(C)nc12. The number of imidazole rings is 1. The Balaban J connectivity index is 1.94. The first-order chi connectivity index (χ1) is 13.9. The highest BCUT2D eigenvalue weighted by Gasteiger charge is 2.22. The number of fused-ring (bicyclic) bond motifs is 1. The molecule has 0 unspecified atom stereocenters. The first-order valence-electron chi connectivity index (χ1n) is 10.2. The van der Waals surface area contributed by atoms with Crippen LogP contribution in [0.4, 0.5) is 4.39 Å². The fourth-order valence-corrected chi connectivity index (χ4v) is 5.36. The Bertz CT molecular complexity index is 1180. The fourth-order valence-electron chi connectivity index (χ4n) is 4.08. The van der Waals surface area contributed by atoms with E-state index in [4.69, 9.17) is 10.1 Å². The zero-order chi connectivity index (χ0) is 20.7. The summed E-state index contributed by atoms with van der Waals surface area (Å²) in [6.07, 6.45) is 2.15. The lowest BCUT2D eigenvalue weighted by Crippen LogP contribution is -2.05. The van der Waals surface area contributed by atoms with Gasteiger partial charge in [0.15, 0.2) is 5.65 Å². The van der Waals surface area contributed by atoms with Crippen molar-refractivity contribution in [1.29, 1.82) is 0 Å². The lowest BCUT2D eigenvalue weighted by Gasteiger charge is -2.14. The van der Waals surface area contributed by atoms with Crippen LogP contribution in [0.2, 0.25) is 0 Å². The second-order valence-corrected chi connectivity index (χ2v) is 8.69. The van der Waals surface area contributed by atoms with Crippen molar-refractivity contribution in [2.24, 2.45) is 0 Å². The molecule has 5 heteroatoms.